The average Bonchev–Trinajstić information content (AvgIpc) is 3.08. The molecule has 0 saturated carbocycles. The molecule has 1 aromatic carbocycles. The van der Waals surface area contributed by atoms with Gasteiger partial charge in [0.2, 0.25) is 5.91 Å². The van der Waals surface area contributed by atoms with Gasteiger partial charge in [0.05, 0.1) is 12.6 Å². The Kier molecular flexibility index (Phi) is 7.99. The van der Waals surface area contributed by atoms with Gasteiger partial charge in [-0.25, -0.2) is 0 Å². The Morgan fingerprint density at radius 3 is 2.93 bits per heavy atom. The second-order valence-corrected chi connectivity index (χ2v) is 7.33. The van der Waals surface area contributed by atoms with Crippen LogP contribution >= 0.6 is 12.4 Å². The first-order valence-electron chi connectivity index (χ1n) is 9.73. The van der Waals surface area contributed by atoms with Crippen molar-refractivity contribution in [2.75, 3.05) is 19.7 Å². The number of rotatable bonds is 7. The lowest BCUT2D eigenvalue weighted by atomic mass is 9.85. The van der Waals surface area contributed by atoms with Crippen LogP contribution in [-0.2, 0) is 4.79 Å². The van der Waals surface area contributed by atoms with Crippen molar-refractivity contribution < 1.29 is 13.9 Å². The number of carbonyl (C=O) groups excluding carboxylic acids is 1. The number of hydrogen-bond acceptors (Lipinski definition) is 4. The standard InChI is InChI=1S/C21H30N2O3.ClH/c1-4-25-18-9-5-7-16-12-19(26-21(16)18)15(3)23-20(24)11-14(2)17-8-6-10-22-13-17;/h5,7,9,12,14-15,17,22H,4,6,8,10-11,13H2,1-3H3,(H,23,24);1H. The maximum absolute atomic E-state index is 12.5. The van der Waals surface area contributed by atoms with E-state index in [2.05, 4.69) is 17.6 Å². The van der Waals surface area contributed by atoms with Crippen molar-refractivity contribution >= 4 is 29.3 Å². The number of halogens is 1. The van der Waals surface area contributed by atoms with Crippen LogP contribution in [0.15, 0.2) is 28.7 Å². The largest absolute Gasteiger partial charge is 0.490 e. The number of fused-ring (bicyclic) bond motifs is 1. The van der Waals surface area contributed by atoms with Crippen LogP contribution in [0.1, 0.15) is 51.8 Å². The summed E-state index contributed by atoms with van der Waals surface area (Å²) in [5.74, 6) is 2.56. The first kappa shape index (κ1) is 21.6. The fraction of sp³-hybridized carbons (Fsp3) is 0.571. The number of para-hydroxylation sites is 1. The van der Waals surface area contributed by atoms with E-state index in [1.807, 2.05) is 38.1 Å². The molecule has 3 unspecified atom stereocenters. The van der Waals surface area contributed by atoms with Crippen LogP contribution in [0.2, 0.25) is 0 Å². The Morgan fingerprint density at radius 2 is 2.22 bits per heavy atom. The Hall–Kier alpha value is -1.72. The zero-order valence-corrected chi connectivity index (χ0v) is 17.2. The van der Waals surface area contributed by atoms with Crippen LogP contribution in [0.4, 0.5) is 0 Å². The number of hydrogen-bond donors (Lipinski definition) is 2. The van der Waals surface area contributed by atoms with E-state index in [9.17, 15) is 4.79 Å². The number of amides is 1. The van der Waals surface area contributed by atoms with Gasteiger partial charge in [-0.2, -0.15) is 0 Å². The van der Waals surface area contributed by atoms with Crippen molar-refractivity contribution in [3.63, 3.8) is 0 Å². The van der Waals surface area contributed by atoms with E-state index in [4.69, 9.17) is 9.15 Å². The summed E-state index contributed by atoms with van der Waals surface area (Å²) in [7, 11) is 0. The highest BCUT2D eigenvalue weighted by molar-refractivity contribution is 5.85. The topological polar surface area (TPSA) is 63.5 Å². The molecule has 1 saturated heterocycles. The molecule has 0 radical (unpaired) electrons. The minimum atomic E-state index is -0.166. The van der Waals surface area contributed by atoms with Gasteiger partial charge in [0.15, 0.2) is 11.3 Å². The molecular formula is C21H31ClN2O3. The van der Waals surface area contributed by atoms with Gasteiger partial charge in [0.25, 0.3) is 0 Å². The predicted molar refractivity (Wildman–Crippen MR) is 111 cm³/mol. The van der Waals surface area contributed by atoms with Crippen LogP contribution in [0.5, 0.6) is 5.75 Å². The lowest BCUT2D eigenvalue weighted by molar-refractivity contribution is -0.123. The van der Waals surface area contributed by atoms with E-state index in [1.54, 1.807) is 0 Å². The fourth-order valence-electron chi connectivity index (χ4n) is 3.73. The second-order valence-electron chi connectivity index (χ2n) is 7.33. The van der Waals surface area contributed by atoms with E-state index in [0.29, 0.717) is 24.9 Å². The van der Waals surface area contributed by atoms with Crippen molar-refractivity contribution in [2.24, 2.45) is 11.8 Å². The van der Waals surface area contributed by atoms with Crippen molar-refractivity contribution in [3.8, 4) is 5.75 Å². The molecule has 2 N–H and O–H groups in total. The maximum Gasteiger partial charge on any atom is 0.220 e. The number of nitrogens with one attached hydrogen (secondary N) is 2. The minimum Gasteiger partial charge on any atom is -0.490 e. The molecule has 5 nitrogen and oxygen atoms in total. The Bertz CT molecular complexity index is 740. The fourth-order valence-corrected chi connectivity index (χ4v) is 3.73. The Morgan fingerprint density at radius 1 is 1.41 bits per heavy atom. The van der Waals surface area contributed by atoms with Gasteiger partial charge in [-0.1, -0.05) is 19.1 Å². The number of piperidine rings is 1. The molecule has 27 heavy (non-hydrogen) atoms. The molecule has 1 amide bonds. The van der Waals surface area contributed by atoms with Crippen molar-refractivity contribution in [3.05, 3.63) is 30.0 Å². The molecule has 6 heteroatoms. The minimum absolute atomic E-state index is 0. The van der Waals surface area contributed by atoms with Gasteiger partial charge in [0.1, 0.15) is 5.76 Å². The first-order valence-corrected chi connectivity index (χ1v) is 9.73. The quantitative estimate of drug-likeness (QED) is 0.727. The summed E-state index contributed by atoms with van der Waals surface area (Å²) in [5, 5.41) is 7.51. The highest BCUT2D eigenvalue weighted by atomic mass is 35.5. The molecular weight excluding hydrogens is 364 g/mol. The molecule has 2 heterocycles. The third-order valence-electron chi connectivity index (χ3n) is 5.28. The third kappa shape index (κ3) is 5.39. The van der Waals surface area contributed by atoms with Gasteiger partial charge < -0.3 is 19.8 Å². The van der Waals surface area contributed by atoms with Crippen molar-refractivity contribution in [2.45, 2.75) is 46.1 Å². The van der Waals surface area contributed by atoms with E-state index in [-0.39, 0.29) is 24.4 Å². The number of carbonyl (C=O) groups is 1. The smallest absolute Gasteiger partial charge is 0.220 e. The zero-order valence-electron chi connectivity index (χ0n) is 16.4. The van der Waals surface area contributed by atoms with Crippen molar-refractivity contribution in [1.82, 2.24) is 10.6 Å². The van der Waals surface area contributed by atoms with Gasteiger partial charge in [-0.15, -0.1) is 12.4 Å². The summed E-state index contributed by atoms with van der Waals surface area (Å²) in [6, 6.07) is 7.67. The van der Waals surface area contributed by atoms with Gasteiger partial charge in [-0.05, 0) is 63.7 Å². The third-order valence-corrected chi connectivity index (χ3v) is 5.28. The summed E-state index contributed by atoms with van der Waals surface area (Å²) in [5.41, 5.74) is 0.743. The normalized spacial score (nSPS) is 19.1. The average molecular weight is 395 g/mol. The Balaban J connectivity index is 0.00000261. The molecule has 2 aromatic rings. The SMILES string of the molecule is CCOc1cccc2cc(C(C)NC(=O)CC(C)C3CCCNC3)oc12.Cl. The predicted octanol–water partition coefficient (Wildman–Crippen LogP) is 4.46. The van der Waals surface area contributed by atoms with Crippen LogP contribution in [0, 0.1) is 11.8 Å². The second kappa shape index (κ2) is 10.00. The first-order chi connectivity index (χ1) is 12.6. The molecule has 0 spiro atoms. The van der Waals surface area contributed by atoms with E-state index in [1.165, 1.54) is 12.8 Å². The molecule has 1 aromatic heterocycles. The lowest BCUT2D eigenvalue weighted by Gasteiger charge is -2.28. The summed E-state index contributed by atoms with van der Waals surface area (Å²) < 4.78 is 11.6. The molecule has 1 fully saturated rings. The molecule has 1 aliphatic rings. The van der Waals surface area contributed by atoms with Crippen LogP contribution in [0.3, 0.4) is 0 Å². The van der Waals surface area contributed by atoms with Crippen LogP contribution < -0.4 is 15.4 Å². The van der Waals surface area contributed by atoms with Crippen molar-refractivity contribution in [1.29, 1.82) is 0 Å². The monoisotopic (exact) mass is 394 g/mol. The highest BCUT2D eigenvalue weighted by Gasteiger charge is 2.23. The van der Waals surface area contributed by atoms with E-state index in [0.717, 1.165) is 35.6 Å². The molecule has 3 rings (SSSR count). The van der Waals surface area contributed by atoms with E-state index >= 15 is 0 Å². The molecule has 150 valence electrons. The van der Waals surface area contributed by atoms with Gasteiger partial charge in [-0.3, -0.25) is 4.79 Å². The summed E-state index contributed by atoms with van der Waals surface area (Å²) in [6.45, 7) is 8.81. The summed E-state index contributed by atoms with van der Waals surface area (Å²) >= 11 is 0. The number of ether oxygens (including phenoxy) is 1. The maximum atomic E-state index is 12.5. The lowest BCUT2D eigenvalue weighted by Crippen LogP contribution is -2.36. The van der Waals surface area contributed by atoms with Crippen LogP contribution in [0.25, 0.3) is 11.0 Å². The highest BCUT2D eigenvalue weighted by Crippen LogP contribution is 2.31. The number of benzene rings is 1. The summed E-state index contributed by atoms with van der Waals surface area (Å²) in [4.78, 5) is 12.5. The summed E-state index contributed by atoms with van der Waals surface area (Å²) in [6.07, 6.45) is 2.97. The van der Waals surface area contributed by atoms with Gasteiger partial charge >= 0.3 is 0 Å². The van der Waals surface area contributed by atoms with Gasteiger partial charge in [0, 0.05) is 11.8 Å². The zero-order chi connectivity index (χ0) is 18.5. The number of furan rings is 1. The molecule has 0 aliphatic carbocycles. The molecule has 1 aliphatic heterocycles. The molecule has 0 bridgehead atoms. The van der Waals surface area contributed by atoms with E-state index < -0.39 is 0 Å². The Labute approximate surface area is 167 Å². The van der Waals surface area contributed by atoms with Crippen LogP contribution in [-0.4, -0.2) is 25.6 Å². The molecule has 3 atom stereocenters.